The predicted molar refractivity (Wildman–Crippen MR) is 117 cm³/mol. The van der Waals surface area contributed by atoms with Gasteiger partial charge in [0.15, 0.2) is 0 Å². The van der Waals surface area contributed by atoms with Gasteiger partial charge in [-0.05, 0) is 47.5 Å². The Morgan fingerprint density at radius 3 is 2.66 bits per heavy atom. The van der Waals surface area contributed by atoms with Gasteiger partial charge in [0, 0.05) is 31.2 Å². The average Bonchev–Trinajstić information content (AvgIpc) is 3.15. The highest BCUT2D eigenvalue weighted by atomic mass is 16.5. The fourth-order valence-electron chi connectivity index (χ4n) is 3.73. The van der Waals surface area contributed by atoms with Crippen molar-refractivity contribution in [2.75, 3.05) is 36.5 Å². The summed E-state index contributed by atoms with van der Waals surface area (Å²) in [7, 11) is 1.96. The van der Waals surface area contributed by atoms with Gasteiger partial charge < -0.3 is 15.0 Å². The lowest BCUT2D eigenvalue weighted by Crippen LogP contribution is -2.36. The van der Waals surface area contributed by atoms with Crippen LogP contribution in [0, 0.1) is 0 Å². The number of benzene rings is 2. The third-order valence-corrected chi connectivity index (χ3v) is 5.28. The first-order chi connectivity index (χ1) is 14.3. The molecular formula is C23H23N5O. The molecule has 0 amide bonds. The number of hydrogen-bond acceptors (Lipinski definition) is 5. The summed E-state index contributed by atoms with van der Waals surface area (Å²) < 4.78 is 7.33. The molecule has 2 aromatic heterocycles. The molecule has 4 aromatic rings. The number of fused-ring (bicyclic) bond motifs is 1. The highest BCUT2D eigenvalue weighted by molar-refractivity contribution is 5.85. The summed E-state index contributed by atoms with van der Waals surface area (Å²) in [6, 6.07) is 20.9. The molecule has 2 aromatic carbocycles. The zero-order valence-corrected chi connectivity index (χ0v) is 16.4. The topological polar surface area (TPSA) is 55.2 Å². The maximum atomic E-state index is 5.44. The highest BCUT2D eigenvalue weighted by Crippen LogP contribution is 2.27. The van der Waals surface area contributed by atoms with Gasteiger partial charge in [0.2, 0.25) is 0 Å². The van der Waals surface area contributed by atoms with Crippen molar-refractivity contribution in [3.05, 3.63) is 66.9 Å². The van der Waals surface area contributed by atoms with Gasteiger partial charge in [-0.3, -0.25) is 4.68 Å². The number of rotatable bonds is 4. The van der Waals surface area contributed by atoms with Crippen LogP contribution in [0.3, 0.4) is 0 Å². The van der Waals surface area contributed by atoms with E-state index in [0.717, 1.165) is 60.1 Å². The van der Waals surface area contributed by atoms with Crippen molar-refractivity contribution in [2.24, 2.45) is 7.05 Å². The van der Waals surface area contributed by atoms with E-state index in [4.69, 9.17) is 9.72 Å². The Labute approximate surface area is 169 Å². The lowest BCUT2D eigenvalue weighted by molar-refractivity contribution is 0.122. The van der Waals surface area contributed by atoms with Gasteiger partial charge in [0.1, 0.15) is 11.6 Å². The Morgan fingerprint density at radius 1 is 0.931 bits per heavy atom. The van der Waals surface area contributed by atoms with Gasteiger partial charge in [0.25, 0.3) is 0 Å². The van der Waals surface area contributed by atoms with Crippen LogP contribution >= 0.6 is 0 Å². The van der Waals surface area contributed by atoms with Crippen LogP contribution in [0.4, 0.5) is 17.3 Å². The minimum absolute atomic E-state index is 0.753. The van der Waals surface area contributed by atoms with E-state index in [0.29, 0.717) is 0 Å². The molecule has 1 aliphatic heterocycles. The largest absolute Gasteiger partial charge is 0.378 e. The number of ether oxygens (including phenoxy) is 1. The Morgan fingerprint density at radius 2 is 1.76 bits per heavy atom. The van der Waals surface area contributed by atoms with Crippen molar-refractivity contribution in [3.8, 4) is 11.1 Å². The number of anilines is 3. The normalized spacial score (nSPS) is 14.3. The highest BCUT2D eigenvalue weighted by Gasteiger charge is 2.12. The van der Waals surface area contributed by atoms with Crippen LogP contribution < -0.4 is 10.2 Å². The Kier molecular flexibility index (Phi) is 4.62. The molecule has 0 saturated carbocycles. The van der Waals surface area contributed by atoms with Crippen molar-refractivity contribution in [1.29, 1.82) is 0 Å². The minimum atomic E-state index is 0.753. The van der Waals surface area contributed by atoms with Crippen molar-refractivity contribution in [1.82, 2.24) is 14.8 Å². The lowest BCUT2D eigenvalue weighted by Gasteiger charge is -2.28. The molecule has 1 fully saturated rings. The minimum Gasteiger partial charge on any atom is -0.378 e. The number of morpholine rings is 1. The van der Waals surface area contributed by atoms with E-state index in [1.165, 1.54) is 5.56 Å². The maximum Gasteiger partial charge on any atom is 0.132 e. The second kappa shape index (κ2) is 7.56. The molecule has 6 heteroatoms. The second-order valence-corrected chi connectivity index (χ2v) is 7.23. The molecule has 0 unspecified atom stereocenters. The van der Waals surface area contributed by atoms with Gasteiger partial charge in [0.05, 0.1) is 24.9 Å². The Balaban J connectivity index is 1.39. The van der Waals surface area contributed by atoms with Gasteiger partial charge in [-0.25, -0.2) is 4.98 Å². The summed E-state index contributed by atoms with van der Waals surface area (Å²) in [6.07, 6.45) is 1.90. The summed E-state index contributed by atoms with van der Waals surface area (Å²) in [6.45, 7) is 3.26. The zero-order valence-electron chi connectivity index (χ0n) is 16.4. The van der Waals surface area contributed by atoms with Crippen LogP contribution in [0.15, 0.2) is 66.9 Å². The lowest BCUT2D eigenvalue weighted by atomic mass is 10.0. The predicted octanol–water partition coefficient (Wildman–Crippen LogP) is 4.22. The van der Waals surface area contributed by atoms with Crippen molar-refractivity contribution in [2.45, 2.75) is 0 Å². The molecule has 146 valence electrons. The molecule has 1 aliphatic rings. The molecule has 0 atom stereocenters. The number of aromatic nitrogens is 3. The number of pyridine rings is 1. The van der Waals surface area contributed by atoms with E-state index in [1.807, 2.05) is 30.1 Å². The third kappa shape index (κ3) is 3.67. The summed E-state index contributed by atoms with van der Waals surface area (Å²) in [5.41, 5.74) is 4.47. The maximum absolute atomic E-state index is 5.44. The van der Waals surface area contributed by atoms with Crippen LogP contribution in [0.2, 0.25) is 0 Å². The first kappa shape index (κ1) is 17.7. The molecule has 6 nitrogen and oxygen atoms in total. The fourth-order valence-corrected chi connectivity index (χ4v) is 3.73. The van der Waals surface area contributed by atoms with Crippen LogP contribution in [-0.4, -0.2) is 41.1 Å². The average molecular weight is 385 g/mol. The van der Waals surface area contributed by atoms with Crippen LogP contribution in [0.1, 0.15) is 0 Å². The molecule has 1 N–H and O–H groups in total. The smallest absolute Gasteiger partial charge is 0.132 e. The fraction of sp³-hybridized carbons (Fsp3) is 0.217. The second-order valence-electron chi connectivity index (χ2n) is 7.23. The van der Waals surface area contributed by atoms with Gasteiger partial charge in [-0.15, -0.1) is 0 Å². The SMILES string of the molecule is Cn1ncc2cc(-c3cccc(Nc4cccc(N5CCOCC5)n4)c3)ccc21. The molecule has 3 heterocycles. The van der Waals surface area contributed by atoms with E-state index in [-0.39, 0.29) is 0 Å². The van der Waals surface area contributed by atoms with E-state index in [9.17, 15) is 0 Å². The van der Waals surface area contributed by atoms with Gasteiger partial charge in [-0.1, -0.05) is 24.3 Å². The summed E-state index contributed by atoms with van der Waals surface area (Å²) in [5.74, 6) is 1.82. The summed E-state index contributed by atoms with van der Waals surface area (Å²) in [5, 5.41) is 8.93. The third-order valence-electron chi connectivity index (χ3n) is 5.28. The van der Waals surface area contributed by atoms with Gasteiger partial charge >= 0.3 is 0 Å². The molecular weight excluding hydrogens is 362 g/mol. The van der Waals surface area contributed by atoms with Crippen molar-refractivity contribution in [3.63, 3.8) is 0 Å². The molecule has 0 bridgehead atoms. The number of nitrogens with zero attached hydrogens (tertiary/aromatic N) is 4. The zero-order chi connectivity index (χ0) is 19.6. The van der Waals surface area contributed by atoms with Gasteiger partial charge in [-0.2, -0.15) is 5.10 Å². The summed E-state index contributed by atoms with van der Waals surface area (Å²) in [4.78, 5) is 7.04. The quantitative estimate of drug-likeness (QED) is 0.570. The van der Waals surface area contributed by atoms with E-state index < -0.39 is 0 Å². The van der Waals surface area contributed by atoms with E-state index >= 15 is 0 Å². The van der Waals surface area contributed by atoms with Crippen LogP contribution in [-0.2, 0) is 11.8 Å². The van der Waals surface area contributed by atoms with Crippen LogP contribution in [0.25, 0.3) is 22.0 Å². The van der Waals surface area contributed by atoms with E-state index in [2.05, 4.69) is 63.8 Å². The first-order valence-corrected chi connectivity index (χ1v) is 9.85. The monoisotopic (exact) mass is 385 g/mol. The van der Waals surface area contributed by atoms with Crippen molar-refractivity contribution < 1.29 is 4.74 Å². The number of nitrogens with one attached hydrogen (secondary N) is 1. The summed E-state index contributed by atoms with van der Waals surface area (Å²) >= 11 is 0. The number of aryl methyl sites for hydroxylation is 1. The van der Waals surface area contributed by atoms with Crippen molar-refractivity contribution >= 4 is 28.2 Å². The standard InChI is InChI=1S/C23H23N5O/c1-27-21-9-8-18(14-19(21)16-24-27)17-4-2-5-20(15-17)25-22-6-3-7-23(26-22)28-10-12-29-13-11-28/h2-9,14-16H,10-13H2,1H3,(H,25,26). The molecule has 0 radical (unpaired) electrons. The Bertz CT molecular complexity index is 1150. The number of hydrogen-bond donors (Lipinski definition) is 1. The molecule has 0 aliphatic carbocycles. The molecule has 5 rings (SSSR count). The molecule has 0 spiro atoms. The molecule has 29 heavy (non-hydrogen) atoms. The molecule has 1 saturated heterocycles. The Hall–Kier alpha value is -3.38. The first-order valence-electron chi connectivity index (χ1n) is 9.85. The van der Waals surface area contributed by atoms with Crippen LogP contribution in [0.5, 0.6) is 0 Å². The van der Waals surface area contributed by atoms with E-state index in [1.54, 1.807) is 0 Å².